The predicted octanol–water partition coefficient (Wildman–Crippen LogP) is 0.208. The molecule has 0 heterocycles. The number of hydrogen-bond acceptors (Lipinski definition) is 3. The van der Waals surface area contributed by atoms with Gasteiger partial charge in [0.1, 0.15) is 6.29 Å². The maximum absolute atomic E-state index is 9.89. The van der Waals surface area contributed by atoms with Crippen molar-refractivity contribution < 1.29 is 18.1 Å². The van der Waals surface area contributed by atoms with Gasteiger partial charge >= 0.3 is 0 Å². The van der Waals surface area contributed by atoms with Gasteiger partial charge in [0.2, 0.25) is 0 Å². The first-order valence-electron chi connectivity index (χ1n) is 3.54. The molecule has 0 aromatic carbocycles. The van der Waals surface area contributed by atoms with E-state index in [1.54, 1.807) is 0 Å². The number of hydrogen-bond donors (Lipinski definition) is 2. The van der Waals surface area contributed by atoms with Crippen LogP contribution in [-0.2, 0) is 16.2 Å². The standard InChI is InChI=1S/C6H13NO.H2O3S/c1-3-7(4-2)5-6-8;1-4(2)3/h6H,3-5H2,1-2H3;(H2,1,2,3). The molecule has 0 unspecified atom stereocenters. The van der Waals surface area contributed by atoms with Crippen LogP contribution in [0, 0.1) is 0 Å². The Balaban J connectivity index is 0. The van der Waals surface area contributed by atoms with Crippen molar-refractivity contribution in [2.75, 3.05) is 19.6 Å². The van der Waals surface area contributed by atoms with Crippen LogP contribution < -0.4 is 0 Å². The fourth-order valence-corrected chi connectivity index (χ4v) is 0.587. The summed E-state index contributed by atoms with van der Waals surface area (Å²) in [7, 11) is 0. The Morgan fingerprint density at radius 2 is 1.67 bits per heavy atom. The Bertz CT molecular complexity index is 123. The summed E-state index contributed by atoms with van der Waals surface area (Å²) in [4.78, 5) is 12.0. The van der Waals surface area contributed by atoms with E-state index in [-0.39, 0.29) is 0 Å². The first-order chi connectivity index (χ1) is 5.58. The molecule has 0 aromatic rings. The molecule has 0 fully saturated rings. The average molecular weight is 197 g/mol. The maximum Gasteiger partial charge on any atom is 0.299 e. The molecule has 0 aliphatic rings. The van der Waals surface area contributed by atoms with Gasteiger partial charge in [-0.15, -0.1) is 0 Å². The Morgan fingerprint density at radius 1 is 1.33 bits per heavy atom. The van der Waals surface area contributed by atoms with Crippen LogP contribution in [0.5, 0.6) is 0 Å². The summed E-state index contributed by atoms with van der Waals surface area (Å²) in [6.07, 6.45) is 0.938. The summed E-state index contributed by atoms with van der Waals surface area (Å²) >= 11 is -2.61. The molecule has 0 amide bonds. The first-order valence-corrected chi connectivity index (χ1v) is 4.60. The third kappa shape index (κ3) is 16.4. The Kier molecular flexibility index (Phi) is 12.7. The Hall–Kier alpha value is -0.300. The van der Waals surface area contributed by atoms with Gasteiger partial charge in [-0.2, -0.15) is 4.21 Å². The van der Waals surface area contributed by atoms with Crippen LogP contribution >= 0.6 is 0 Å². The van der Waals surface area contributed by atoms with Crippen molar-refractivity contribution in [1.82, 2.24) is 4.90 Å². The lowest BCUT2D eigenvalue weighted by molar-refractivity contribution is -0.108. The maximum atomic E-state index is 9.89. The molecule has 74 valence electrons. The van der Waals surface area contributed by atoms with Crippen LogP contribution in [0.25, 0.3) is 0 Å². The Labute approximate surface area is 74.9 Å². The van der Waals surface area contributed by atoms with E-state index in [0.717, 1.165) is 19.4 Å². The van der Waals surface area contributed by atoms with E-state index in [2.05, 4.69) is 4.90 Å². The lowest BCUT2D eigenvalue weighted by Gasteiger charge is -2.12. The highest BCUT2D eigenvalue weighted by Gasteiger charge is 1.93. The Morgan fingerprint density at radius 3 is 1.75 bits per heavy atom. The number of nitrogens with zero attached hydrogens (tertiary/aromatic N) is 1. The highest BCUT2D eigenvalue weighted by Crippen LogP contribution is 1.80. The van der Waals surface area contributed by atoms with E-state index in [1.807, 2.05) is 13.8 Å². The van der Waals surface area contributed by atoms with Crippen molar-refractivity contribution in [3.05, 3.63) is 0 Å². The number of rotatable bonds is 4. The van der Waals surface area contributed by atoms with Crippen LogP contribution in [0.1, 0.15) is 13.8 Å². The van der Waals surface area contributed by atoms with Gasteiger partial charge in [0, 0.05) is 0 Å². The van der Waals surface area contributed by atoms with Crippen LogP contribution in [0.4, 0.5) is 0 Å². The van der Waals surface area contributed by atoms with E-state index < -0.39 is 11.4 Å². The summed E-state index contributed by atoms with van der Waals surface area (Å²) in [5.74, 6) is 0. The zero-order valence-corrected chi connectivity index (χ0v) is 8.08. The van der Waals surface area contributed by atoms with E-state index in [4.69, 9.17) is 13.3 Å². The molecule has 0 aliphatic carbocycles. The molecule has 0 aliphatic heterocycles. The molecule has 0 bridgehead atoms. The molecule has 0 spiro atoms. The van der Waals surface area contributed by atoms with E-state index >= 15 is 0 Å². The quantitative estimate of drug-likeness (QED) is 0.497. The highest BCUT2D eigenvalue weighted by molar-refractivity contribution is 7.73. The molecule has 0 saturated carbocycles. The van der Waals surface area contributed by atoms with Crippen molar-refractivity contribution in [3.8, 4) is 0 Å². The minimum Gasteiger partial charge on any atom is -0.302 e. The zero-order valence-electron chi connectivity index (χ0n) is 7.27. The summed E-state index contributed by atoms with van der Waals surface area (Å²) < 4.78 is 22.8. The molecule has 5 nitrogen and oxygen atoms in total. The molecule has 0 atom stereocenters. The van der Waals surface area contributed by atoms with Gasteiger partial charge in [0.15, 0.2) is 0 Å². The number of likely N-dealkylation sites (N-methyl/N-ethyl adjacent to an activating group) is 1. The average Bonchev–Trinajstić information content (AvgIpc) is 1.99. The van der Waals surface area contributed by atoms with E-state index in [0.29, 0.717) is 6.54 Å². The second-order valence-corrected chi connectivity index (χ2v) is 2.34. The molecular weight excluding hydrogens is 182 g/mol. The molecule has 6 heteroatoms. The van der Waals surface area contributed by atoms with Crippen molar-refractivity contribution in [1.29, 1.82) is 0 Å². The first kappa shape index (κ1) is 14.2. The normalized spacial score (nSPS) is 9.50. The second-order valence-electron chi connectivity index (χ2n) is 1.88. The monoisotopic (exact) mass is 197 g/mol. The summed E-state index contributed by atoms with van der Waals surface area (Å²) in [6.45, 7) is 6.61. The number of carbonyl (C=O) groups excluding carboxylic acids is 1. The lowest BCUT2D eigenvalue weighted by atomic mass is 10.5. The van der Waals surface area contributed by atoms with Crippen molar-refractivity contribution in [2.24, 2.45) is 0 Å². The van der Waals surface area contributed by atoms with Crippen molar-refractivity contribution >= 4 is 17.6 Å². The molecule has 0 aromatic heterocycles. The van der Waals surface area contributed by atoms with Crippen LogP contribution in [0.15, 0.2) is 0 Å². The molecule has 0 saturated heterocycles. The minimum absolute atomic E-state index is 0.576. The summed E-state index contributed by atoms with van der Waals surface area (Å²) in [6, 6.07) is 0. The zero-order chi connectivity index (χ0) is 9.98. The van der Waals surface area contributed by atoms with E-state index in [1.165, 1.54) is 0 Å². The summed E-state index contributed by atoms with van der Waals surface area (Å²) in [5.41, 5.74) is 0. The molecule has 2 N–H and O–H groups in total. The van der Waals surface area contributed by atoms with Gasteiger partial charge in [0.25, 0.3) is 11.4 Å². The van der Waals surface area contributed by atoms with Crippen molar-refractivity contribution in [2.45, 2.75) is 13.8 Å². The van der Waals surface area contributed by atoms with Crippen LogP contribution in [0.2, 0.25) is 0 Å². The molecule has 0 radical (unpaired) electrons. The molecule has 12 heavy (non-hydrogen) atoms. The van der Waals surface area contributed by atoms with Crippen molar-refractivity contribution in [3.63, 3.8) is 0 Å². The van der Waals surface area contributed by atoms with E-state index in [9.17, 15) is 4.79 Å². The number of carbonyl (C=O) groups is 1. The third-order valence-electron chi connectivity index (χ3n) is 1.23. The largest absolute Gasteiger partial charge is 0.302 e. The smallest absolute Gasteiger partial charge is 0.299 e. The molecule has 0 rings (SSSR count). The van der Waals surface area contributed by atoms with Crippen LogP contribution in [0.3, 0.4) is 0 Å². The minimum atomic E-state index is -2.61. The fraction of sp³-hybridized carbons (Fsp3) is 0.833. The van der Waals surface area contributed by atoms with Gasteiger partial charge in [0.05, 0.1) is 6.54 Å². The third-order valence-corrected chi connectivity index (χ3v) is 1.23. The molecular formula is C6H15NO4S. The highest BCUT2D eigenvalue weighted by atomic mass is 32.2. The van der Waals surface area contributed by atoms with Gasteiger partial charge < -0.3 is 4.79 Å². The second kappa shape index (κ2) is 10.7. The lowest BCUT2D eigenvalue weighted by Crippen LogP contribution is -2.24. The van der Waals surface area contributed by atoms with Crippen LogP contribution in [-0.4, -0.2) is 44.1 Å². The van der Waals surface area contributed by atoms with Gasteiger partial charge in [-0.1, -0.05) is 13.8 Å². The predicted molar refractivity (Wildman–Crippen MR) is 47.3 cm³/mol. The van der Waals surface area contributed by atoms with Gasteiger partial charge in [-0.05, 0) is 13.1 Å². The number of aldehydes is 1. The van der Waals surface area contributed by atoms with Gasteiger partial charge in [-0.3, -0.25) is 14.0 Å². The fourth-order valence-electron chi connectivity index (χ4n) is 0.587. The SMILES string of the molecule is CCN(CC)CC=O.O=S(O)O. The van der Waals surface area contributed by atoms with Gasteiger partial charge in [-0.25, -0.2) is 0 Å². The topological polar surface area (TPSA) is 77.8 Å². The summed E-state index contributed by atoms with van der Waals surface area (Å²) in [5, 5.41) is 0.